The van der Waals surface area contributed by atoms with Gasteiger partial charge in [-0.1, -0.05) is 0 Å². The van der Waals surface area contributed by atoms with Gasteiger partial charge in [-0.05, 0) is 58.4 Å². The number of ether oxygens (including phenoxy) is 2. The Labute approximate surface area is 131 Å². The summed E-state index contributed by atoms with van der Waals surface area (Å²) in [5, 5.41) is 0. The van der Waals surface area contributed by atoms with Gasteiger partial charge in [-0.2, -0.15) is 8.42 Å². The normalized spacial score (nSPS) is 11.0. The minimum absolute atomic E-state index is 0.0333. The lowest BCUT2D eigenvalue weighted by Gasteiger charge is -2.09. The van der Waals surface area contributed by atoms with Crippen molar-refractivity contribution in [3.8, 4) is 17.2 Å². The molecule has 0 atom stereocenters. The summed E-state index contributed by atoms with van der Waals surface area (Å²) >= 11 is 3.24. The molecule has 2 aromatic rings. The molecule has 7 heteroatoms. The first kappa shape index (κ1) is 15.7. The second-order valence-electron chi connectivity index (χ2n) is 4.01. The molecule has 112 valence electrons. The van der Waals surface area contributed by atoms with Crippen LogP contribution in [-0.2, 0) is 10.1 Å². The van der Waals surface area contributed by atoms with E-state index in [1.54, 1.807) is 18.2 Å². The molecule has 0 spiro atoms. The maximum Gasteiger partial charge on any atom is 0.339 e. The zero-order valence-electron chi connectivity index (χ0n) is 11.4. The van der Waals surface area contributed by atoms with Crippen LogP contribution in [0, 0.1) is 0 Å². The summed E-state index contributed by atoms with van der Waals surface area (Å²) in [7, 11) is -0.875. The van der Waals surface area contributed by atoms with Crippen LogP contribution in [0.4, 0.5) is 0 Å². The van der Waals surface area contributed by atoms with Crippen molar-refractivity contribution in [1.82, 2.24) is 0 Å². The summed E-state index contributed by atoms with van der Waals surface area (Å²) in [6, 6.07) is 10.7. The molecular weight excluding hydrogens is 360 g/mol. The Morgan fingerprint density at radius 2 is 1.52 bits per heavy atom. The number of rotatable bonds is 5. The molecule has 0 fully saturated rings. The van der Waals surface area contributed by atoms with Crippen molar-refractivity contribution in [2.45, 2.75) is 4.90 Å². The predicted octanol–water partition coefficient (Wildman–Crippen LogP) is 3.23. The number of methoxy groups -OCH3 is 2. The third kappa shape index (κ3) is 3.68. The van der Waals surface area contributed by atoms with Crippen molar-refractivity contribution < 1.29 is 22.1 Å². The van der Waals surface area contributed by atoms with E-state index in [4.69, 9.17) is 13.7 Å². The fourth-order valence-electron chi connectivity index (χ4n) is 1.61. The molecular formula is C14H13BrO5S. The quantitative estimate of drug-likeness (QED) is 0.753. The summed E-state index contributed by atoms with van der Waals surface area (Å²) in [6.07, 6.45) is 0. The van der Waals surface area contributed by atoms with E-state index in [1.165, 1.54) is 38.5 Å². The molecule has 2 aromatic carbocycles. The lowest BCUT2D eigenvalue weighted by Crippen LogP contribution is -2.09. The Morgan fingerprint density at radius 3 is 2.05 bits per heavy atom. The molecule has 0 aromatic heterocycles. The van der Waals surface area contributed by atoms with Gasteiger partial charge in [0.1, 0.15) is 22.1 Å². The summed E-state index contributed by atoms with van der Waals surface area (Å²) in [5.41, 5.74) is 0. The summed E-state index contributed by atoms with van der Waals surface area (Å²) in [6.45, 7) is 0. The first-order valence-corrected chi connectivity index (χ1v) is 8.08. The summed E-state index contributed by atoms with van der Waals surface area (Å²) < 4.78 is 40.0. The van der Waals surface area contributed by atoms with Crippen LogP contribution in [0.5, 0.6) is 17.2 Å². The molecule has 0 amide bonds. The molecule has 0 radical (unpaired) electrons. The first-order chi connectivity index (χ1) is 9.96. The van der Waals surface area contributed by atoms with Crippen LogP contribution < -0.4 is 13.7 Å². The van der Waals surface area contributed by atoms with Gasteiger partial charge in [0, 0.05) is 0 Å². The second-order valence-corrected chi connectivity index (χ2v) is 6.41. The molecule has 0 unspecified atom stereocenters. The standard InChI is InChI=1S/C14H13BrO5S/c1-18-10-3-5-11(6-4-10)20-21(16,17)12-7-8-14(19-2)13(15)9-12/h3-9H,1-2H3. The van der Waals surface area contributed by atoms with Gasteiger partial charge >= 0.3 is 10.1 Å². The molecule has 0 N–H and O–H groups in total. The number of hydrogen-bond acceptors (Lipinski definition) is 5. The van der Waals surface area contributed by atoms with Crippen LogP contribution in [0.2, 0.25) is 0 Å². The van der Waals surface area contributed by atoms with Crippen molar-refractivity contribution >= 4 is 26.0 Å². The van der Waals surface area contributed by atoms with E-state index in [-0.39, 0.29) is 10.6 Å². The Morgan fingerprint density at radius 1 is 0.905 bits per heavy atom. The SMILES string of the molecule is COc1ccc(OS(=O)(=O)c2ccc(OC)c(Br)c2)cc1. The Balaban J connectivity index is 2.26. The van der Waals surface area contributed by atoms with E-state index in [0.29, 0.717) is 16.0 Å². The highest BCUT2D eigenvalue weighted by molar-refractivity contribution is 9.10. The number of benzene rings is 2. The van der Waals surface area contributed by atoms with Crippen molar-refractivity contribution in [3.05, 3.63) is 46.9 Å². The van der Waals surface area contributed by atoms with Gasteiger partial charge in [0.15, 0.2) is 0 Å². The number of hydrogen-bond donors (Lipinski definition) is 0. The Bertz CT molecular complexity index is 726. The fraction of sp³-hybridized carbons (Fsp3) is 0.143. The smallest absolute Gasteiger partial charge is 0.339 e. The second kappa shape index (κ2) is 6.36. The van der Waals surface area contributed by atoms with Gasteiger partial charge in [0.25, 0.3) is 0 Å². The van der Waals surface area contributed by atoms with E-state index in [1.807, 2.05) is 0 Å². The largest absolute Gasteiger partial charge is 0.497 e. The van der Waals surface area contributed by atoms with Crippen LogP contribution in [-0.4, -0.2) is 22.6 Å². The van der Waals surface area contributed by atoms with Crippen LogP contribution in [0.15, 0.2) is 51.8 Å². The third-order valence-corrected chi connectivity index (χ3v) is 4.54. The molecule has 0 bridgehead atoms. The molecule has 0 aliphatic heterocycles. The molecule has 0 aliphatic carbocycles. The van der Waals surface area contributed by atoms with Crippen molar-refractivity contribution in [1.29, 1.82) is 0 Å². The van der Waals surface area contributed by atoms with Gasteiger partial charge in [-0.3, -0.25) is 0 Å². The molecule has 21 heavy (non-hydrogen) atoms. The molecule has 0 saturated carbocycles. The van der Waals surface area contributed by atoms with Crippen LogP contribution in [0.25, 0.3) is 0 Å². The predicted molar refractivity (Wildman–Crippen MR) is 81.5 cm³/mol. The lowest BCUT2D eigenvalue weighted by atomic mass is 10.3. The fourth-order valence-corrected chi connectivity index (χ4v) is 3.26. The maximum absolute atomic E-state index is 12.2. The van der Waals surface area contributed by atoms with Gasteiger partial charge in [0.2, 0.25) is 0 Å². The Kier molecular flexibility index (Phi) is 4.74. The van der Waals surface area contributed by atoms with Crippen LogP contribution in [0.1, 0.15) is 0 Å². The van der Waals surface area contributed by atoms with E-state index >= 15 is 0 Å². The highest BCUT2D eigenvalue weighted by Crippen LogP contribution is 2.29. The van der Waals surface area contributed by atoms with E-state index in [9.17, 15) is 8.42 Å². The maximum atomic E-state index is 12.2. The molecule has 0 heterocycles. The minimum Gasteiger partial charge on any atom is -0.497 e. The zero-order valence-corrected chi connectivity index (χ0v) is 13.8. The van der Waals surface area contributed by atoms with E-state index in [0.717, 1.165) is 0 Å². The minimum atomic E-state index is -3.91. The van der Waals surface area contributed by atoms with E-state index in [2.05, 4.69) is 15.9 Å². The summed E-state index contributed by atoms with van der Waals surface area (Å²) in [5.74, 6) is 1.37. The van der Waals surface area contributed by atoms with Gasteiger partial charge < -0.3 is 13.7 Å². The molecule has 2 rings (SSSR count). The molecule has 0 aliphatic rings. The van der Waals surface area contributed by atoms with Crippen molar-refractivity contribution in [3.63, 3.8) is 0 Å². The highest BCUT2D eigenvalue weighted by Gasteiger charge is 2.18. The third-order valence-electron chi connectivity index (χ3n) is 2.68. The van der Waals surface area contributed by atoms with Crippen LogP contribution >= 0.6 is 15.9 Å². The molecule has 0 saturated heterocycles. The average molecular weight is 373 g/mol. The van der Waals surface area contributed by atoms with Gasteiger partial charge in [-0.25, -0.2) is 0 Å². The van der Waals surface area contributed by atoms with Crippen molar-refractivity contribution in [2.75, 3.05) is 14.2 Å². The van der Waals surface area contributed by atoms with Crippen molar-refractivity contribution in [2.24, 2.45) is 0 Å². The van der Waals surface area contributed by atoms with Gasteiger partial charge in [-0.15, -0.1) is 0 Å². The summed E-state index contributed by atoms with van der Waals surface area (Å²) in [4.78, 5) is 0.0333. The van der Waals surface area contributed by atoms with Crippen LogP contribution in [0.3, 0.4) is 0 Å². The zero-order chi connectivity index (χ0) is 15.5. The van der Waals surface area contributed by atoms with E-state index < -0.39 is 10.1 Å². The Hall–Kier alpha value is -1.73. The lowest BCUT2D eigenvalue weighted by molar-refractivity contribution is 0.411. The first-order valence-electron chi connectivity index (χ1n) is 5.88. The topological polar surface area (TPSA) is 61.8 Å². The highest BCUT2D eigenvalue weighted by atomic mass is 79.9. The average Bonchev–Trinajstić information content (AvgIpc) is 2.47. The number of halogens is 1. The monoisotopic (exact) mass is 372 g/mol. The molecule has 5 nitrogen and oxygen atoms in total. The van der Waals surface area contributed by atoms with Gasteiger partial charge in [0.05, 0.1) is 18.7 Å².